The summed E-state index contributed by atoms with van der Waals surface area (Å²) >= 11 is 1.19. The molecule has 1 aromatic heterocycles. The van der Waals surface area contributed by atoms with Gasteiger partial charge < -0.3 is 10.1 Å². The highest BCUT2D eigenvalue weighted by Crippen LogP contribution is 2.28. The van der Waals surface area contributed by atoms with Crippen molar-refractivity contribution in [1.82, 2.24) is 4.98 Å². The first kappa shape index (κ1) is 20.2. The van der Waals surface area contributed by atoms with Gasteiger partial charge in [0.05, 0.1) is 21.3 Å². The quantitative estimate of drug-likeness (QED) is 0.371. The van der Waals surface area contributed by atoms with Gasteiger partial charge in [0.15, 0.2) is 6.61 Å². The number of aryl methyl sites for hydroxylation is 2. The molecule has 0 bridgehead atoms. The number of ether oxygens (including phenoxy) is 1. The molecule has 9 heteroatoms. The number of carbonyl (C=O) groups excluding carboxylic acids is 2. The van der Waals surface area contributed by atoms with E-state index in [2.05, 4.69) is 10.3 Å². The standard InChI is InChI=1S/C20H17N3O5S/c1-12-8-9-15(23(26)27)10-16(12)22-17(24)11-28-20(25)19-18(21-13(2)29-19)14-6-4-3-5-7-14/h3-10H,11H2,1-2H3,(H,22,24). The zero-order valence-corrected chi connectivity index (χ0v) is 16.5. The molecule has 3 rings (SSSR count). The van der Waals surface area contributed by atoms with E-state index in [1.807, 2.05) is 30.3 Å². The van der Waals surface area contributed by atoms with E-state index in [-0.39, 0.29) is 5.69 Å². The van der Waals surface area contributed by atoms with Crippen LogP contribution in [0.15, 0.2) is 48.5 Å². The summed E-state index contributed by atoms with van der Waals surface area (Å²) < 4.78 is 5.14. The fraction of sp³-hybridized carbons (Fsp3) is 0.150. The number of nitro groups is 1. The highest BCUT2D eigenvalue weighted by molar-refractivity contribution is 7.14. The van der Waals surface area contributed by atoms with Crippen LogP contribution in [0, 0.1) is 24.0 Å². The Morgan fingerprint density at radius 1 is 1.17 bits per heavy atom. The number of non-ortho nitro benzene ring substituents is 1. The van der Waals surface area contributed by atoms with Crippen molar-refractivity contribution in [2.75, 3.05) is 11.9 Å². The van der Waals surface area contributed by atoms with Gasteiger partial charge in [-0.2, -0.15) is 0 Å². The van der Waals surface area contributed by atoms with Gasteiger partial charge in [-0.25, -0.2) is 9.78 Å². The lowest BCUT2D eigenvalue weighted by molar-refractivity contribution is -0.384. The van der Waals surface area contributed by atoms with Crippen LogP contribution < -0.4 is 5.32 Å². The van der Waals surface area contributed by atoms with E-state index >= 15 is 0 Å². The van der Waals surface area contributed by atoms with Crippen LogP contribution in [0.1, 0.15) is 20.2 Å². The SMILES string of the molecule is Cc1nc(-c2ccccc2)c(C(=O)OCC(=O)Nc2cc([N+](=O)[O-])ccc2C)s1. The van der Waals surface area contributed by atoms with Gasteiger partial charge in [-0.3, -0.25) is 14.9 Å². The van der Waals surface area contributed by atoms with Crippen LogP contribution in [-0.4, -0.2) is 28.4 Å². The van der Waals surface area contributed by atoms with Crippen LogP contribution in [0.25, 0.3) is 11.3 Å². The molecular formula is C20H17N3O5S. The number of esters is 1. The van der Waals surface area contributed by atoms with Crippen LogP contribution in [-0.2, 0) is 9.53 Å². The normalized spacial score (nSPS) is 10.4. The molecule has 1 N–H and O–H groups in total. The van der Waals surface area contributed by atoms with Gasteiger partial charge in [0.1, 0.15) is 4.88 Å². The largest absolute Gasteiger partial charge is 0.451 e. The van der Waals surface area contributed by atoms with Crippen molar-refractivity contribution in [2.24, 2.45) is 0 Å². The molecule has 0 unspecified atom stereocenters. The molecule has 0 spiro atoms. The highest BCUT2D eigenvalue weighted by Gasteiger charge is 2.21. The second kappa shape index (κ2) is 8.61. The molecular weight excluding hydrogens is 394 g/mol. The number of nitrogens with one attached hydrogen (secondary N) is 1. The van der Waals surface area contributed by atoms with Crippen molar-refractivity contribution < 1.29 is 19.2 Å². The molecule has 0 saturated heterocycles. The Balaban J connectivity index is 1.68. The lowest BCUT2D eigenvalue weighted by atomic mass is 10.1. The summed E-state index contributed by atoms with van der Waals surface area (Å²) in [7, 11) is 0. The van der Waals surface area contributed by atoms with Gasteiger partial charge in [0.2, 0.25) is 0 Å². The van der Waals surface area contributed by atoms with Crippen molar-refractivity contribution >= 4 is 34.6 Å². The number of nitro benzene ring substituents is 1. The monoisotopic (exact) mass is 411 g/mol. The van der Waals surface area contributed by atoms with E-state index < -0.39 is 23.4 Å². The zero-order valence-electron chi connectivity index (χ0n) is 15.7. The number of thiazole rings is 1. The maximum atomic E-state index is 12.5. The van der Waals surface area contributed by atoms with Crippen LogP contribution in [0.3, 0.4) is 0 Å². The third-order valence-corrected chi connectivity index (χ3v) is 4.96. The Hall–Kier alpha value is -3.59. The first-order chi connectivity index (χ1) is 13.8. The number of amides is 1. The predicted molar refractivity (Wildman–Crippen MR) is 109 cm³/mol. The third-order valence-electron chi connectivity index (χ3n) is 4.01. The lowest BCUT2D eigenvalue weighted by Crippen LogP contribution is -2.21. The van der Waals surface area contributed by atoms with E-state index in [1.54, 1.807) is 13.8 Å². The molecule has 0 aliphatic rings. The Kier molecular flexibility index (Phi) is 5.99. The number of carbonyl (C=O) groups is 2. The minimum atomic E-state index is -0.652. The topological polar surface area (TPSA) is 111 Å². The summed E-state index contributed by atoms with van der Waals surface area (Å²) in [6.45, 7) is 2.97. The summed E-state index contributed by atoms with van der Waals surface area (Å²) in [6, 6.07) is 13.4. The molecule has 2 aromatic carbocycles. The van der Waals surface area contributed by atoms with Gasteiger partial charge in [0.25, 0.3) is 11.6 Å². The number of hydrogen-bond donors (Lipinski definition) is 1. The molecule has 0 radical (unpaired) electrons. The third kappa shape index (κ3) is 4.82. The fourth-order valence-corrected chi connectivity index (χ4v) is 3.43. The van der Waals surface area contributed by atoms with E-state index in [0.29, 0.717) is 26.8 Å². The van der Waals surface area contributed by atoms with Crippen LogP contribution in [0.5, 0.6) is 0 Å². The van der Waals surface area contributed by atoms with Gasteiger partial charge in [-0.1, -0.05) is 36.4 Å². The van der Waals surface area contributed by atoms with Crippen LogP contribution >= 0.6 is 11.3 Å². The number of aromatic nitrogens is 1. The molecule has 0 aliphatic heterocycles. The molecule has 0 aliphatic carbocycles. The number of anilines is 1. The van der Waals surface area contributed by atoms with E-state index in [1.165, 1.54) is 29.5 Å². The minimum Gasteiger partial charge on any atom is -0.451 e. The van der Waals surface area contributed by atoms with Gasteiger partial charge in [-0.15, -0.1) is 11.3 Å². The van der Waals surface area contributed by atoms with Crippen molar-refractivity contribution in [3.63, 3.8) is 0 Å². The first-order valence-corrected chi connectivity index (χ1v) is 9.41. The average molecular weight is 411 g/mol. The van der Waals surface area contributed by atoms with E-state index in [9.17, 15) is 19.7 Å². The molecule has 0 saturated carbocycles. The Bertz CT molecular complexity index is 1080. The molecule has 1 heterocycles. The van der Waals surface area contributed by atoms with Crippen LogP contribution in [0.4, 0.5) is 11.4 Å². The lowest BCUT2D eigenvalue weighted by Gasteiger charge is -2.09. The Labute approximate surface area is 170 Å². The molecule has 0 atom stereocenters. The number of nitrogens with zero attached hydrogens (tertiary/aromatic N) is 2. The molecule has 3 aromatic rings. The molecule has 29 heavy (non-hydrogen) atoms. The average Bonchev–Trinajstić information content (AvgIpc) is 3.10. The summed E-state index contributed by atoms with van der Waals surface area (Å²) in [6.07, 6.45) is 0. The smallest absolute Gasteiger partial charge is 0.351 e. The van der Waals surface area contributed by atoms with Gasteiger partial charge >= 0.3 is 5.97 Å². The predicted octanol–water partition coefficient (Wildman–Crippen LogP) is 4.13. The second-order valence-corrected chi connectivity index (χ2v) is 7.36. The molecule has 1 amide bonds. The maximum Gasteiger partial charge on any atom is 0.351 e. The number of rotatable bonds is 6. The summed E-state index contributed by atoms with van der Waals surface area (Å²) in [5, 5.41) is 14.1. The van der Waals surface area contributed by atoms with E-state index in [4.69, 9.17) is 4.74 Å². The van der Waals surface area contributed by atoms with Gasteiger partial charge in [-0.05, 0) is 19.4 Å². The summed E-state index contributed by atoms with van der Waals surface area (Å²) in [5.41, 5.74) is 2.09. The number of benzene rings is 2. The minimum absolute atomic E-state index is 0.143. The van der Waals surface area contributed by atoms with Crippen molar-refractivity contribution in [3.05, 3.63) is 74.1 Å². The molecule has 0 fully saturated rings. The molecule has 148 valence electrons. The summed E-state index contributed by atoms with van der Waals surface area (Å²) in [5.74, 6) is -1.25. The summed E-state index contributed by atoms with van der Waals surface area (Å²) in [4.78, 5) is 39.7. The second-order valence-electron chi connectivity index (χ2n) is 6.16. The maximum absolute atomic E-state index is 12.5. The Morgan fingerprint density at radius 2 is 1.90 bits per heavy atom. The molecule has 8 nitrogen and oxygen atoms in total. The van der Waals surface area contributed by atoms with Crippen molar-refractivity contribution in [2.45, 2.75) is 13.8 Å². The number of hydrogen-bond acceptors (Lipinski definition) is 7. The van der Waals surface area contributed by atoms with Crippen LogP contribution in [0.2, 0.25) is 0 Å². The van der Waals surface area contributed by atoms with E-state index in [0.717, 1.165) is 5.56 Å². The highest BCUT2D eigenvalue weighted by atomic mass is 32.1. The Morgan fingerprint density at radius 3 is 2.59 bits per heavy atom. The van der Waals surface area contributed by atoms with Crippen molar-refractivity contribution in [3.8, 4) is 11.3 Å². The zero-order chi connectivity index (χ0) is 21.0. The van der Waals surface area contributed by atoms with Crippen molar-refractivity contribution in [1.29, 1.82) is 0 Å². The van der Waals surface area contributed by atoms with Gasteiger partial charge in [0, 0.05) is 17.7 Å². The fourth-order valence-electron chi connectivity index (χ4n) is 2.60. The first-order valence-electron chi connectivity index (χ1n) is 8.60.